The summed E-state index contributed by atoms with van der Waals surface area (Å²) in [7, 11) is 1.73. The van der Waals surface area contributed by atoms with Crippen molar-refractivity contribution < 1.29 is 0 Å². The van der Waals surface area contributed by atoms with Crippen molar-refractivity contribution in [1.82, 2.24) is 14.3 Å². The van der Waals surface area contributed by atoms with Crippen LogP contribution in [0.3, 0.4) is 0 Å². The Hall–Kier alpha value is -3.64. The Morgan fingerprint density at radius 1 is 0.970 bits per heavy atom. The van der Waals surface area contributed by atoms with E-state index >= 15 is 0 Å². The number of hydrogen-bond acceptors (Lipinski definition) is 4. The van der Waals surface area contributed by atoms with E-state index in [1.165, 1.54) is 10.2 Å². The average molecular weight is 458 g/mol. The lowest BCUT2D eigenvalue weighted by Crippen LogP contribution is -2.24. The van der Waals surface area contributed by atoms with Crippen molar-refractivity contribution in [3.63, 3.8) is 0 Å². The molecule has 166 valence electrons. The summed E-state index contributed by atoms with van der Waals surface area (Å²) in [5.74, 6) is 0.543. The Morgan fingerprint density at radius 2 is 1.67 bits per heavy atom. The largest absolute Gasteiger partial charge is 0.351 e. The molecule has 3 aromatic carbocycles. The zero-order valence-electron chi connectivity index (χ0n) is 18.5. The molecule has 0 saturated heterocycles. The second-order valence-corrected chi connectivity index (χ2v) is 8.55. The summed E-state index contributed by atoms with van der Waals surface area (Å²) in [6.07, 6.45) is 0.944. The smallest absolute Gasteiger partial charge is 0.263 e. The van der Waals surface area contributed by atoms with Crippen molar-refractivity contribution >= 4 is 23.3 Å². The maximum absolute atomic E-state index is 13.0. The highest BCUT2D eigenvalue weighted by Crippen LogP contribution is 2.31. The van der Waals surface area contributed by atoms with E-state index in [4.69, 9.17) is 16.7 Å². The summed E-state index contributed by atoms with van der Waals surface area (Å²) >= 11 is 6.11. The minimum Gasteiger partial charge on any atom is -0.263 e. The van der Waals surface area contributed by atoms with Crippen LogP contribution in [0, 0.1) is 0 Å². The molecule has 0 radical (unpaired) electrons. The van der Waals surface area contributed by atoms with Gasteiger partial charge in [0.15, 0.2) is 0 Å². The number of anilines is 1. The second kappa shape index (κ2) is 8.71. The molecule has 1 aliphatic heterocycles. The zero-order chi connectivity index (χ0) is 22.9. The highest BCUT2D eigenvalue weighted by molar-refractivity contribution is 6.30. The molecular weight excluding hydrogens is 434 g/mol. The van der Waals surface area contributed by atoms with Crippen LogP contribution in [-0.4, -0.2) is 26.6 Å². The van der Waals surface area contributed by atoms with E-state index in [0.29, 0.717) is 17.5 Å². The molecule has 2 heterocycles. The third-order valence-electron chi connectivity index (χ3n) is 6.03. The van der Waals surface area contributed by atoms with Gasteiger partial charge in [0.25, 0.3) is 0 Å². The van der Waals surface area contributed by atoms with Crippen molar-refractivity contribution in [2.75, 3.05) is 11.6 Å². The van der Waals surface area contributed by atoms with Gasteiger partial charge in [-0.2, -0.15) is 9.78 Å². The molecule has 0 unspecified atom stereocenters. The average Bonchev–Trinajstić information content (AvgIpc) is 3.42. The van der Waals surface area contributed by atoms with E-state index in [-0.39, 0.29) is 11.6 Å². The number of halogens is 1. The van der Waals surface area contributed by atoms with E-state index in [1.807, 2.05) is 71.7 Å². The molecule has 0 spiro atoms. The molecule has 5 rings (SSSR count). The Kier molecular flexibility index (Phi) is 5.60. The minimum atomic E-state index is -0.208. The lowest BCUT2D eigenvalue weighted by molar-refractivity contribution is 0.765. The Bertz CT molecular complexity index is 1350. The first-order valence-corrected chi connectivity index (χ1v) is 11.3. The molecule has 33 heavy (non-hydrogen) atoms. The summed E-state index contributed by atoms with van der Waals surface area (Å²) in [6.45, 7) is 2.69. The van der Waals surface area contributed by atoms with Gasteiger partial charge < -0.3 is 0 Å². The molecule has 0 aliphatic carbocycles. The third-order valence-corrected chi connectivity index (χ3v) is 6.29. The van der Waals surface area contributed by atoms with Crippen LogP contribution in [0.25, 0.3) is 5.69 Å². The number of aromatic nitrogens is 3. The van der Waals surface area contributed by atoms with E-state index in [2.05, 4.69) is 24.2 Å². The fourth-order valence-corrected chi connectivity index (χ4v) is 4.27. The lowest BCUT2D eigenvalue weighted by Gasteiger charge is -2.15. The summed E-state index contributed by atoms with van der Waals surface area (Å²) in [5.41, 5.74) is 4.82. The first-order valence-electron chi connectivity index (χ1n) is 11.0. The summed E-state index contributed by atoms with van der Waals surface area (Å²) < 4.78 is 2.98. The van der Waals surface area contributed by atoms with E-state index in [1.54, 1.807) is 11.6 Å². The minimum absolute atomic E-state index is 0.0384. The first-order chi connectivity index (χ1) is 16.0. The zero-order valence-corrected chi connectivity index (χ0v) is 19.3. The number of hydrazone groups is 1. The number of benzene rings is 3. The molecule has 0 amide bonds. The molecule has 7 heteroatoms. The maximum atomic E-state index is 13.0. The molecule has 1 atom stereocenters. The molecule has 1 aliphatic rings. The number of nitrogens with zero attached hydrogens (tertiary/aromatic N) is 5. The van der Waals surface area contributed by atoms with Gasteiger partial charge in [-0.1, -0.05) is 73.1 Å². The molecule has 0 fully saturated rings. The van der Waals surface area contributed by atoms with Gasteiger partial charge in [0.1, 0.15) is 0 Å². The molecule has 0 saturated carbocycles. The van der Waals surface area contributed by atoms with Gasteiger partial charge in [-0.05, 0) is 47.4 Å². The molecule has 0 bridgehead atoms. The predicted octanol–water partition coefficient (Wildman–Crippen LogP) is 4.79. The molecule has 1 aromatic heterocycles. The topological polar surface area (TPSA) is 55.4 Å². The number of aryl methyl sites for hydroxylation is 1. The number of rotatable bonds is 5. The van der Waals surface area contributed by atoms with Crippen molar-refractivity contribution in [1.29, 1.82) is 0 Å². The quantitative estimate of drug-likeness (QED) is 0.432. The highest BCUT2D eigenvalue weighted by atomic mass is 35.5. The molecule has 6 nitrogen and oxygen atoms in total. The highest BCUT2D eigenvalue weighted by Gasteiger charge is 2.32. The van der Waals surface area contributed by atoms with Crippen LogP contribution in [0.15, 0.2) is 88.8 Å². The van der Waals surface area contributed by atoms with Crippen molar-refractivity contribution in [3.8, 4) is 5.69 Å². The van der Waals surface area contributed by atoms with Crippen LogP contribution >= 0.6 is 11.6 Å². The van der Waals surface area contributed by atoms with Crippen molar-refractivity contribution in [2.24, 2.45) is 12.1 Å². The van der Waals surface area contributed by atoms with Gasteiger partial charge in [-0.25, -0.2) is 9.80 Å². The summed E-state index contributed by atoms with van der Waals surface area (Å²) in [6, 6.07) is 25.9. The fourth-order valence-electron chi connectivity index (χ4n) is 4.15. The summed E-state index contributed by atoms with van der Waals surface area (Å²) in [5, 5.41) is 12.1. The van der Waals surface area contributed by atoms with Crippen LogP contribution in [0.1, 0.15) is 29.5 Å². The van der Waals surface area contributed by atoms with Crippen LogP contribution in [0.4, 0.5) is 5.95 Å². The first kappa shape index (κ1) is 21.2. The van der Waals surface area contributed by atoms with Gasteiger partial charge in [0, 0.05) is 18.0 Å². The van der Waals surface area contributed by atoms with Gasteiger partial charge in [-0.3, -0.25) is 4.57 Å². The van der Waals surface area contributed by atoms with Crippen LogP contribution in [0.2, 0.25) is 5.02 Å². The van der Waals surface area contributed by atoms with Gasteiger partial charge in [0.05, 0.1) is 17.9 Å². The second-order valence-electron chi connectivity index (χ2n) is 8.11. The fraction of sp³-hybridized carbons (Fsp3) is 0.192. The molecule has 4 aromatic rings. The molecule has 0 N–H and O–H groups in total. The third kappa shape index (κ3) is 3.98. The lowest BCUT2D eigenvalue weighted by atomic mass is 9.91. The molecular formula is C26H24ClN5O. The van der Waals surface area contributed by atoms with Crippen LogP contribution < -0.4 is 10.7 Å². The SMILES string of the molecule is CCc1ccc(-n2nc(N3C[C@H](c4ccccc4)C(c4ccc(Cl)cc4)=N3)n(C)c2=O)cc1. The maximum Gasteiger partial charge on any atom is 0.351 e. The van der Waals surface area contributed by atoms with Crippen LogP contribution in [-0.2, 0) is 13.5 Å². The van der Waals surface area contributed by atoms with Gasteiger partial charge in [-0.15, -0.1) is 5.10 Å². The van der Waals surface area contributed by atoms with Gasteiger partial charge >= 0.3 is 5.69 Å². The van der Waals surface area contributed by atoms with E-state index < -0.39 is 0 Å². The predicted molar refractivity (Wildman–Crippen MR) is 133 cm³/mol. The van der Waals surface area contributed by atoms with Crippen LogP contribution in [0.5, 0.6) is 0 Å². The van der Waals surface area contributed by atoms with E-state index in [9.17, 15) is 4.79 Å². The van der Waals surface area contributed by atoms with Crippen molar-refractivity contribution in [3.05, 3.63) is 111 Å². The standard InChI is InChI=1S/C26H24ClN5O/c1-3-18-9-15-22(16-10-18)32-26(33)30(2)25(29-32)31-17-23(19-7-5-4-6-8-19)24(28-31)20-11-13-21(27)14-12-20/h4-16,23H,3,17H2,1-2H3/t23-/m1/s1. The monoisotopic (exact) mass is 457 g/mol. The summed E-state index contributed by atoms with van der Waals surface area (Å²) in [4.78, 5) is 13.0. The van der Waals surface area contributed by atoms with Gasteiger partial charge in [0.2, 0.25) is 5.95 Å². The Morgan fingerprint density at radius 3 is 2.33 bits per heavy atom. The number of hydrogen-bond donors (Lipinski definition) is 0. The Labute approximate surface area is 197 Å². The van der Waals surface area contributed by atoms with Crippen molar-refractivity contribution in [2.45, 2.75) is 19.3 Å². The Balaban J connectivity index is 1.56. The van der Waals surface area contributed by atoms with E-state index in [0.717, 1.165) is 28.9 Å². The normalized spacial score (nSPS) is 15.7.